The fourth-order valence-electron chi connectivity index (χ4n) is 3.11. The SMILES string of the molecule is Cc1nn(-c2ccccc2Cl)c2sc(C(=O)Nc3ccc4c(c3)OCO4)cc12. The van der Waals surface area contributed by atoms with E-state index in [1.54, 1.807) is 22.9 Å². The van der Waals surface area contributed by atoms with Gasteiger partial charge in [-0.2, -0.15) is 5.10 Å². The summed E-state index contributed by atoms with van der Waals surface area (Å²) in [4.78, 5) is 14.2. The fourth-order valence-corrected chi connectivity index (χ4v) is 4.40. The van der Waals surface area contributed by atoms with E-state index in [2.05, 4.69) is 10.4 Å². The Morgan fingerprint density at radius 1 is 1.18 bits per heavy atom. The summed E-state index contributed by atoms with van der Waals surface area (Å²) in [6.45, 7) is 2.11. The Balaban J connectivity index is 1.49. The van der Waals surface area contributed by atoms with E-state index < -0.39 is 0 Å². The molecule has 28 heavy (non-hydrogen) atoms. The molecule has 5 rings (SSSR count). The van der Waals surface area contributed by atoms with Crippen LogP contribution in [-0.2, 0) is 0 Å². The van der Waals surface area contributed by atoms with Crippen LogP contribution in [0.3, 0.4) is 0 Å². The average molecular weight is 412 g/mol. The molecule has 0 radical (unpaired) electrons. The van der Waals surface area contributed by atoms with Crippen molar-refractivity contribution in [2.45, 2.75) is 6.92 Å². The van der Waals surface area contributed by atoms with Crippen molar-refractivity contribution in [1.82, 2.24) is 9.78 Å². The highest BCUT2D eigenvalue weighted by Gasteiger charge is 2.19. The predicted molar refractivity (Wildman–Crippen MR) is 109 cm³/mol. The molecule has 3 heterocycles. The monoisotopic (exact) mass is 411 g/mol. The van der Waals surface area contributed by atoms with Gasteiger partial charge in [-0.05, 0) is 37.3 Å². The number of thiophene rings is 1. The van der Waals surface area contributed by atoms with Gasteiger partial charge in [0.05, 0.1) is 21.3 Å². The summed E-state index contributed by atoms with van der Waals surface area (Å²) in [6, 6.07) is 14.7. The number of aryl methyl sites for hydroxylation is 1. The molecule has 2 aromatic carbocycles. The number of amides is 1. The Bertz CT molecular complexity index is 1230. The highest BCUT2D eigenvalue weighted by Crippen LogP contribution is 2.35. The molecule has 8 heteroatoms. The normalized spacial score (nSPS) is 12.5. The van der Waals surface area contributed by atoms with E-state index in [-0.39, 0.29) is 12.7 Å². The number of fused-ring (bicyclic) bond motifs is 2. The Morgan fingerprint density at radius 2 is 2.00 bits per heavy atom. The number of nitrogens with zero attached hydrogens (tertiary/aromatic N) is 2. The van der Waals surface area contributed by atoms with Gasteiger partial charge in [-0.15, -0.1) is 11.3 Å². The van der Waals surface area contributed by atoms with Crippen molar-refractivity contribution in [1.29, 1.82) is 0 Å². The number of benzene rings is 2. The first-order valence-electron chi connectivity index (χ1n) is 8.55. The zero-order valence-corrected chi connectivity index (χ0v) is 16.3. The number of para-hydroxylation sites is 1. The molecular weight excluding hydrogens is 398 g/mol. The summed E-state index contributed by atoms with van der Waals surface area (Å²) in [5.41, 5.74) is 2.27. The lowest BCUT2D eigenvalue weighted by Crippen LogP contribution is -2.10. The topological polar surface area (TPSA) is 65.4 Å². The van der Waals surface area contributed by atoms with Crippen molar-refractivity contribution in [3.8, 4) is 17.2 Å². The van der Waals surface area contributed by atoms with E-state index >= 15 is 0 Å². The fraction of sp³-hybridized carbons (Fsp3) is 0.100. The number of carbonyl (C=O) groups is 1. The van der Waals surface area contributed by atoms with Crippen LogP contribution in [0, 0.1) is 6.92 Å². The molecule has 0 unspecified atom stereocenters. The van der Waals surface area contributed by atoms with Crippen LogP contribution < -0.4 is 14.8 Å². The second-order valence-electron chi connectivity index (χ2n) is 6.30. The first-order chi connectivity index (χ1) is 13.6. The third kappa shape index (κ3) is 2.80. The standard InChI is InChI=1S/C20H14ClN3O3S/c1-11-13-9-18(19(25)22-12-6-7-16-17(8-12)27-10-26-16)28-20(13)24(23-11)15-5-3-2-4-14(15)21/h2-9H,10H2,1H3,(H,22,25). The van der Waals surface area contributed by atoms with Crippen LogP contribution in [0.15, 0.2) is 48.5 Å². The summed E-state index contributed by atoms with van der Waals surface area (Å²) in [6.07, 6.45) is 0. The zero-order valence-electron chi connectivity index (χ0n) is 14.7. The summed E-state index contributed by atoms with van der Waals surface area (Å²) in [7, 11) is 0. The molecule has 1 N–H and O–H groups in total. The minimum absolute atomic E-state index is 0.190. The summed E-state index contributed by atoms with van der Waals surface area (Å²) >= 11 is 7.71. The maximum absolute atomic E-state index is 12.8. The molecule has 0 bridgehead atoms. The Kier molecular flexibility index (Phi) is 3.99. The maximum Gasteiger partial charge on any atom is 0.265 e. The molecule has 2 aromatic heterocycles. The van der Waals surface area contributed by atoms with Gasteiger partial charge in [0.25, 0.3) is 5.91 Å². The van der Waals surface area contributed by atoms with Crippen LogP contribution in [0.2, 0.25) is 5.02 Å². The molecule has 0 aliphatic carbocycles. The minimum atomic E-state index is -0.190. The lowest BCUT2D eigenvalue weighted by atomic mass is 10.2. The van der Waals surface area contributed by atoms with E-state index in [9.17, 15) is 4.79 Å². The molecule has 1 aliphatic heterocycles. The van der Waals surface area contributed by atoms with Crippen LogP contribution in [0.4, 0.5) is 5.69 Å². The molecule has 0 saturated carbocycles. The summed E-state index contributed by atoms with van der Waals surface area (Å²) < 4.78 is 12.4. The molecule has 0 saturated heterocycles. The molecular formula is C20H14ClN3O3S. The highest BCUT2D eigenvalue weighted by molar-refractivity contribution is 7.20. The Hall–Kier alpha value is -3.03. The Morgan fingerprint density at radius 3 is 2.86 bits per heavy atom. The molecule has 6 nitrogen and oxygen atoms in total. The van der Waals surface area contributed by atoms with Crippen molar-refractivity contribution in [2.24, 2.45) is 0 Å². The molecule has 1 aliphatic rings. The number of halogens is 1. The second-order valence-corrected chi connectivity index (χ2v) is 7.74. The first kappa shape index (κ1) is 17.1. The third-order valence-electron chi connectivity index (χ3n) is 4.48. The third-order valence-corrected chi connectivity index (χ3v) is 5.91. The molecule has 140 valence electrons. The molecule has 0 spiro atoms. The van der Waals surface area contributed by atoms with Crippen LogP contribution in [0.5, 0.6) is 11.5 Å². The smallest absolute Gasteiger partial charge is 0.265 e. The summed E-state index contributed by atoms with van der Waals surface area (Å²) in [5.74, 6) is 1.11. The zero-order chi connectivity index (χ0) is 19.3. The van der Waals surface area contributed by atoms with Crippen molar-refractivity contribution in [3.05, 3.63) is 64.1 Å². The van der Waals surface area contributed by atoms with Gasteiger partial charge >= 0.3 is 0 Å². The molecule has 4 aromatic rings. The van der Waals surface area contributed by atoms with Gasteiger partial charge in [0.15, 0.2) is 11.5 Å². The minimum Gasteiger partial charge on any atom is -0.454 e. The van der Waals surface area contributed by atoms with Crippen LogP contribution in [0.1, 0.15) is 15.4 Å². The number of hydrogen-bond acceptors (Lipinski definition) is 5. The van der Waals surface area contributed by atoms with Gasteiger partial charge in [0, 0.05) is 17.1 Å². The highest BCUT2D eigenvalue weighted by atomic mass is 35.5. The largest absolute Gasteiger partial charge is 0.454 e. The van der Waals surface area contributed by atoms with E-state index in [1.807, 2.05) is 37.3 Å². The molecule has 1 amide bonds. The number of rotatable bonds is 3. The van der Waals surface area contributed by atoms with Crippen molar-refractivity contribution in [3.63, 3.8) is 0 Å². The van der Waals surface area contributed by atoms with Crippen LogP contribution >= 0.6 is 22.9 Å². The maximum atomic E-state index is 12.8. The van der Waals surface area contributed by atoms with E-state index in [4.69, 9.17) is 21.1 Å². The van der Waals surface area contributed by atoms with Crippen LogP contribution in [-0.4, -0.2) is 22.5 Å². The number of ether oxygens (including phenoxy) is 2. The van der Waals surface area contributed by atoms with E-state index in [1.165, 1.54) is 11.3 Å². The van der Waals surface area contributed by atoms with Crippen molar-refractivity contribution < 1.29 is 14.3 Å². The average Bonchev–Trinajstić information content (AvgIpc) is 3.38. The van der Waals surface area contributed by atoms with Gasteiger partial charge in [0.1, 0.15) is 4.83 Å². The lowest BCUT2D eigenvalue weighted by Gasteiger charge is -2.05. The van der Waals surface area contributed by atoms with Crippen molar-refractivity contribution in [2.75, 3.05) is 12.1 Å². The second kappa shape index (κ2) is 6.54. The number of carbonyl (C=O) groups excluding carboxylic acids is 1. The number of aromatic nitrogens is 2. The Labute approximate surface area is 169 Å². The predicted octanol–water partition coefficient (Wildman–Crippen LogP) is 5.03. The first-order valence-corrected chi connectivity index (χ1v) is 9.74. The van der Waals surface area contributed by atoms with Gasteiger partial charge in [0.2, 0.25) is 6.79 Å². The van der Waals surface area contributed by atoms with Gasteiger partial charge in [-0.1, -0.05) is 23.7 Å². The lowest BCUT2D eigenvalue weighted by molar-refractivity contribution is 0.103. The van der Waals surface area contributed by atoms with Crippen molar-refractivity contribution >= 4 is 44.7 Å². The number of nitrogens with one attached hydrogen (secondary N) is 1. The van der Waals surface area contributed by atoms with Crippen LogP contribution in [0.25, 0.3) is 15.9 Å². The van der Waals surface area contributed by atoms with Gasteiger partial charge < -0.3 is 14.8 Å². The quantitative estimate of drug-likeness (QED) is 0.513. The molecule has 0 atom stereocenters. The van der Waals surface area contributed by atoms with E-state index in [0.29, 0.717) is 27.1 Å². The van der Waals surface area contributed by atoms with E-state index in [0.717, 1.165) is 21.6 Å². The van der Waals surface area contributed by atoms with Gasteiger partial charge in [-0.25, -0.2) is 4.68 Å². The number of anilines is 1. The summed E-state index contributed by atoms with van der Waals surface area (Å²) in [5, 5.41) is 9.03. The number of hydrogen-bond donors (Lipinski definition) is 1. The van der Waals surface area contributed by atoms with Gasteiger partial charge in [-0.3, -0.25) is 4.79 Å². The molecule has 0 fully saturated rings.